The lowest BCUT2D eigenvalue weighted by molar-refractivity contribution is -0.171. The third kappa shape index (κ3) is 3.44. The summed E-state index contributed by atoms with van der Waals surface area (Å²) in [5.74, 6) is 0.0116. The van der Waals surface area contributed by atoms with Crippen LogP contribution in [0.2, 0.25) is 0 Å². The molecule has 27 heavy (non-hydrogen) atoms. The Morgan fingerprint density at radius 3 is 2.78 bits per heavy atom. The van der Waals surface area contributed by atoms with E-state index in [9.17, 15) is 14.9 Å². The molecule has 0 aliphatic carbocycles. The number of hydrogen-bond donors (Lipinski definition) is 0. The molecule has 3 unspecified atom stereocenters. The van der Waals surface area contributed by atoms with E-state index in [1.54, 1.807) is 43.5 Å². The second-order valence-corrected chi connectivity index (χ2v) is 6.63. The number of ether oxygens (including phenoxy) is 3. The van der Waals surface area contributed by atoms with Crippen LogP contribution in [-0.4, -0.2) is 36.0 Å². The molecule has 0 saturated carbocycles. The topological polar surface area (TPSA) is 90.6 Å². The SMILES string of the molecule is COCC1(C)Oc2ccc(C#N)cc2C(n2ccccc2=O)C1OC(C)=O. The van der Waals surface area contributed by atoms with Crippen LogP contribution in [0, 0.1) is 11.3 Å². The van der Waals surface area contributed by atoms with Crippen LogP contribution in [0.5, 0.6) is 5.75 Å². The van der Waals surface area contributed by atoms with Crippen LogP contribution < -0.4 is 10.3 Å². The lowest BCUT2D eigenvalue weighted by Crippen LogP contribution is -2.58. The van der Waals surface area contributed by atoms with Crippen molar-refractivity contribution in [3.8, 4) is 11.8 Å². The number of esters is 1. The van der Waals surface area contributed by atoms with Crippen LogP contribution in [0.25, 0.3) is 0 Å². The zero-order valence-corrected chi connectivity index (χ0v) is 15.3. The maximum atomic E-state index is 12.6. The Bertz CT molecular complexity index is 961. The minimum absolute atomic E-state index is 0.141. The smallest absolute Gasteiger partial charge is 0.303 e. The highest BCUT2D eigenvalue weighted by Crippen LogP contribution is 2.43. The largest absolute Gasteiger partial charge is 0.481 e. The molecule has 0 N–H and O–H groups in total. The summed E-state index contributed by atoms with van der Waals surface area (Å²) in [5, 5.41) is 9.28. The Morgan fingerprint density at radius 1 is 1.37 bits per heavy atom. The summed E-state index contributed by atoms with van der Waals surface area (Å²) in [7, 11) is 1.53. The summed E-state index contributed by atoms with van der Waals surface area (Å²) in [6, 6.07) is 11.2. The number of nitrogens with zero attached hydrogens (tertiary/aromatic N) is 2. The second-order valence-electron chi connectivity index (χ2n) is 6.63. The Hall–Kier alpha value is -3.11. The minimum atomic E-state index is -1.03. The normalized spacial score (nSPS) is 23.6. The first-order valence-corrected chi connectivity index (χ1v) is 8.46. The van der Waals surface area contributed by atoms with Crippen LogP contribution in [0.3, 0.4) is 0 Å². The van der Waals surface area contributed by atoms with Gasteiger partial charge in [0.25, 0.3) is 5.56 Å². The summed E-state index contributed by atoms with van der Waals surface area (Å²) in [5.41, 5.74) is -0.262. The van der Waals surface area contributed by atoms with Gasteiger partial charge in [0, 0.05) is 31.9 Å². The number of pyridine rings is 1. The molecule has 1 aromatic heterocycles. The van der Waals surface area contributed by atoms with E-state index in [0.717, 1.165) is 0 Å². The molecule has 2 heterocycles. The van der Waals surface area contributed by atoms with Crippen molar-refractivity contribution >= 4 is 5.97 Å². The van der Waals surface area contributed by atoms with Crippen LogP contribution in [-0.2, 0) is 14.3 Å². The van der Waals surface area contributed by atoms with Gasteiger partial charge in [0.15, 0.2) is 11.7 Å². The molecule has 0 fully saturated rings. The average molecular weight is 368 g/mol. The van der Waals surface area contributed by atoms with E-state index < -0.39 is 23.7 Å². The Labute approximate surface area is 156 Å². The second kappa shape index (κ2) is 7.25. The van der Waals surface area contributed by atoms with E-state index in [1.165, 1.54) is 24.7 Å². The van der Waals surface area contributed by atoms with Crippen molar-refractivity contribution in [3.05, 3.63) is 64.1 Å². The van der Waals surface area contributed by atoms with Gasteiger partial charge in [0.05, 0.1) is 18.2 Å². The summed E-state index contributed by atoms with van der Waals surface area (Å²) in [4.78, 5) is 24.4. The van der Waals surface area contributed by atoms with Gasteiger partial charge in [-0.3, -0.25) is 9.59 Å². The first-order chi connectivity index (χ1) is 12.9. The predicted octanol–water partition coefficient (Wildman–Crippen LogP) is 2.04. The van der Waals surface area contributed by atoms with Crippen molar-refractivity contribution in [1.29, 1.82) is 5.26 Å². The van der Waals surface area contributed by atoms with Gasteiger partial charge in [-0.15, -0.1) is 0 Å². The first-order valence-electron chi connectivity index (χ1n) is 8.46. The summed E-state index contributed by atoms with van der Waals surface area (Å²) in [6.07, 6.45) is 0.793. The lowest BCUT2D eigenvalue weighted by Gasteiger charge is -2.45. The Morgan fingerprint density at radius 2 is 2.15 bits per heavy atom. The number of aromatic nitrogens is 1. The standard InChI is InChI=1S/C20H20N2O5/c1-13(23)26-19-18(22-9-5-4-6-17(22)24)15-10-14(11-21)7-8-16(15)27-20(19,2)12-25-3/h4-10,18-19H,12H2,1-3H3. The zero-order valence-electron chi connectivity index (χ0n) is 15.3. The van der Waals surface area contributed by atoms with E-state index >= 15 is 0 Å². The predicted molar refractivity (Wildman–Crippen MR) is 96.5 cm³/mol. The van der Waals surface area contributed by atoms with Gasteiger partial charge < -0.3 is 18.8 Å². The maximum Gasteiger partial charge on any atom is 0.303 e. The molecule has 0 spiro atoms. The number of benzene rings is 1. The van der Waals surface area contributed by atoms with Gasteiger partial charge >= 0.3 is 5.97 Å². The molecule has 0 amide bonds. The van der Waals surface area contributed by atoms with Crippen molar-refractivity contribution in [2.75, 3.05) is 13.7 Å². The van der Waals surface area contributed by atoms with Crippen molar-refractivity contribution < 1.29 is 19.0 Å². The molecule has 3 atom stereocenters. The Kier molecular flexibility index (Phi) is 5.02. The lowest BCUT2D eigenvalue weighted by atomic mass is 9.84. The number of methoxy groups -OCH3 is 1. The molecular formula is C20H20N2O5. The van der Waals surface area contributed by atoms with Gasteiger partial charge in [-0.1, -0.05) is 6.07 Å². The fourth-order valence-electron chi connectivity index (χ4n) is 3.48. The number of fused-ring (bicyclic) bond motifs is 1. The number of nitriles is 1. The van der Waals surface area contributed by atoms with Crippen molar-refractivity contribution in [2.45, 2.75) is 31.6 Å². The average Bonchev–Trinajstić information content (AvgIpc) is 2.63. The summed E-state index contributed by atoms with van der Waals surface area (Å²) < 4.78 is 18.6. The molecule has 7 nitrogen and oxygen atoms in total. The van der Waals surface area contributed by atoms with Gasteiger partial charge in [0.1, 0.15) is 11.8 Å². The summed E-state index contributed by atoms with van der Waals surface area (Å²) >= 11 is 0. The fraction of sp³-hybridized carbons (Fsp3) is 0.350. The molecule has 3 rings (SSSR count). The van der Waals surface area contributed by atoms with Gasteiger partial charge in [-0.05, 0) is 31.2 Å². The molecule has 1 aliphatic rings. The molecule has 0 saturated heterocycles. The summed E-state index contributed by atoms with van der Waals surface area (Å²) in [6.45, 7) is 3.22. The number of carbonyl (C=O) groups excluding carboxylic acids is 1. The zero-order chi connectivity index (χ0) is 19.6. The van der Waals surface area contributed by atoms with Gasteiger partial charge in [-0.25, -0.2) is 0 Å². The van der Waals surface area contributed by atoms with E-state index in [-0.39, 0.29) is 12.2 Å². The quantitative estimate of drug-likeness (QED) is 0.767. The van der Waals surface area contributed by atoms with Crippen LogP contribution in [0.1, 0.15) is 31.0 Å². The monoisotopic (exact) mass is 368 g/mol. The van der Waals surface area contributed by atoms with Crippen molar-refractivity contribution in [3.63, 3.8) is 0 Å². The molecular weight excluding hydrogens is 348 g/mol. The van der Waals surface area contributed by atoms with Gasteiger partial charge in [0.2, 0.25) is 0 Å². The molecule has 1 aromatic carbocycles. The van der Waals surface area contributed by atoms with Crippen molar-refractivity contribution in [1.82, 2.24) is 4.57 Å². The highest BCUT2D eigenvalue weighted by Gasteiger charge is 2.50. The number of hydrogen-bond acceptors (Lipinski definition) is 6. The first kappa shape index (κ1) is 18.7. The number of carbonyl (C=O) groups is 1. The highest BCUT2D eigenvalue weighted by atomic mass is 16.6. The van der Waals surface area contributed by atoms with Crippen LogP contribution in [0.4, 0.5) is 0 Å². The van der Waals surface area contributed by atoms with E-state index in [0.29, 0.717) is 16.9 Å². The van der Waals surface area contributed by atoms with Crippen LogP contribution >= 0.6 is 0 Å². The van der Waals surface area contributed by atoms with E-state index in [1.807, 2.05) is 0 Å². The molecule has 140 valence electrons. The van der Waals surface area contributed by atoms with E-state index in [2.05, 4.69) is 6.07 Å². The van der Waals surface area contributed by atoms with Gasteiger partial charge in [-0.2, -0.15) is 5.26 Å². The molecule has 0 bridgehead atoms. The molecule has 2 aromatic rings. The maximum absolute atomic E-state index is 12.6. The Balaban J connectivity index is 2.28. The van der Waals surface area contributed by atoms with Crippen LogP contribution in [0.15, 0.2) is 47.4 Å². The van der Waals surface area contributed by atoms with Crippen molar-refractivity contribution in [2.24, 2.45) is 0 Å². The third-order valence-electron chi connectivity index (χ3n) is 4.56. The minimum Gasteiger partial charge on any atom is -0.481 e. The van der Waals surface area contributed by atoms with E-state index in [4.69, 9.17) is 14.2 Å². The number of rotatable bonds is 4. The molecule has 1 aliphatic heterocycles. The molecule has 7 heteroatoms. The third-order valence-corrected chi connectivity index (χ3v) is 4.56. The highest BCUT2D eigenvalue weighted by molar-refractivity contribution is 5.66. The fourth-order valence-corrected chi connectivity index (χ4v) is 3.48. The molecule has 0 radical (unpaired) electrons.